The molecule has 2 heteroatoms. The van der Waals surface area contributed by atoms with Gasteiger partial charge in [-0.1, -0.05) is 42.5 Å². The van der Waals surface area contributed by atoms with Crippen molar-refractivity contribution in [3.63, 3.8) is 0 Å². The molecule has 0 aromatic heterocycles. The Morgan fingerprint density at radius 2 is 1.80 bits per heavy atom. The van der Waals surface area contributed by atoms with E-state index in [4.69, 9.17) is 23.2 Å². The molecule has 58 valence electrons. The van der Waals surface area contributed by atoms with Gasteiger partial charge in [-0.2, -0.15) is 0 Å². The van der Waals surface area contributed by atoms with Crippen LogP contribution < -0.4 is 0 Å². The molecule has 0 aromatic carbocycles. The van der Waals surface area contributed by atoms with Crippen molar-refractivity contribution in [2.75, 3.05) is 0 Å². The maximum absolute atomic E-state index is 5.87. The molecule has 0 radical (unpaired) electrons. The van der Waals surface area contributed by atoms with Crippen LogP contribution in [0, 0.1) is 5.92 Å². The van der Waals surface area contributed by atoms with Crippen molar-refractivity contribution < 1.29 is 0 Å². The van der Waals surface area contributed by atoms with Crippen molar-refractivity contribution >= 4 is 23.2 Å². The van der Waals surface area contributed by atoms with Crippen LogP contribution in [0.4, 0.5) is 0 Å². The summed E-state index contributed by atoms with van der Waals surface area (Å²) in [5.74, 6) is 0.563. The predicted octanol–water partition coefficient (Wildman–Crippen LogP) is 3.89. The molecule has 0 aromatic rings. The van der Waals surface area contributed by atoms with E-state index in [1.165, 1.54) is 37.6 Å². The summed E-state index contributed by atoms with van der Waals surface area (Å²) >= 11 is 11.4. The van der Waals surface area contributed by atoms with E-state index in [9.17, 15) is 0 Å². The summed E-state index contributed by atoms with van der Waals surface area (Å²) in [4.78, 5) is 0. The van der Waals surface area contributed by atoms with Gasteiger partial charge >= 0.3 is 0 Å². The lowest BCUT2D eigenvalue weighted by atomic mass is 9.89. The molecule has 0 unspecified atom stereocenters. The van der Waals surface area contributed by atoms with Gasteiger partial charge in [0.2, 0.25) is 0 Å². The van der Waals surface area contributed by atoms with Crippen molar-refractivity contribution in [2.24, 2.45) is 5.92 Å². The lowest BCUT2D eigenvalue weighted by Gasteiger charge is -2.20. The summed E-state index contributed by atoms with van der Waals surface area (Å²) in [5, 5.41) is 0.848. The molecule has 1 rings (SSSR count). The van der Waals surface area contributed by atoms with Crippen LogP contribution in [0.3, 0.4) is 0 Å². The van der Waals surface area contributed by atoms with Crippen LogP contribution in [0.2, 0.25) is 0 Å². The highest BCUT2D eigenvalue weighted by molar-refractivity contribution is 6.36. The predicted molar refractivity (Wildman–Crippen MR) is 46.4 cm³/mol. The Kier molecular flexibility index (Phi) is 3.58. The number of allylic oxidation sites excluding steroid dienone is 1. The van der Waals surface area contributed by atoms with E-state index in [-0.39, 0.29) is 0 Å². The molecule has 10 heavy (non-hydrogen) atoms. The second-order valence-corrected chi connectivity index (χ2v) is 3.48. The minimum atomic E-state index is 0.563. The Balaban J connectivity index is 2.39. The van der Waals surface area contributed by atoms with Gasteiger partial charge in [-0.05, 0) is 18.8 Å². The molecule has 0 N–H and O–H groups in total. The highest BCUT2D eigenvalue weighted by Crippen LogP contribution is 2.31. The SMILES string of the molecule is Cl/C=C(/Cl)C1CCCCC1. The van der Waals surface area contributed by atoms with E-state index in [0.717, 1.165) is 5.03 Å². The van der Waals surface area contributed by atoms with Crippen molar-refractivity contribution in [2.45, 2.75) is 32.1 Å². The second kappa shape index (κ2) is 4.25. The maximum atomic E-state index is 5.87. The summed E-state index contributed by atoms with van der Waals surface area (Å²) in [6.07, 6.45) is 6.43. The summed E-state index contributed by atoms with van der Waals surface area (Å²) in [5.41, 5.74) is 1.51. The Hall–Kier alpha value is 0.320. The third-order valence-corrected chi connectivity index (χ3v) is 2.86. The second-order valence-electron chi connectivity index (χ2n) is 2.83. The number of hydrogen-bond donors (Lipinski definition) is 0. The summed E-state index contributed by atoms with van der Waals surface area (Å²) in [7, 11) is 0. The number of hydrogen-bond acceptors (Lipinski definition) is 0. The van der Waals surface area contributed by atoms with Gasteiger partial charge in [0.1, 0.15) is 0 Å². The first-order chi connectivity index (χ1) is 4.84. The van der Waals surface area contributed by atoms with Crippen molar-refractivity contribution in [1.82, 2.24) is 0 Å². The van der Waals surface area contributed by atoms with Gasteiger partial charge in [0.05, 0.1) is 0 Å². The molecule has 0 aliphatic heterocycles. The largest absolute Gasteiger partial charge is 0.0917 e. The Morgan fingerprint density at radius 3 is 2.30 bits per heavy atom. The van der Waals surface area contributed by atoms with Crippen LogP contribution in [0.5, 0.6) is 0 Å². The van der Waals surface area contributed by atoms with Gasteiger partial charge in [0.25, 0.3) is 0 Å². The van der Waals surface area contributed by atoms with E-state index >= 15 is 0 Å². The third-order valence-electron chi connectivity index (χ3n) is 2.10. The molecule has 1 aliphatic rings. The molecule has 0 amide bonds. The monoisotopic (exact) mass is 178 g/mol. The maximum Gasteiger partial charge on any atom is 0.0324 e. The highest BCUT2D eigenvalue weighted by Gasteiger charge is 2.15. The fourth-order valence-corrected chi connectivity index (χ4v) is 1.86. The van der Waals surface area contributed by atoms with Crippen LogP contribution in [0.25, 0.3) is 0 Å². The highest BCUT2D eigenvalue weighted by atomic mass is 35.5. The molecular weight excluding hydrogens is 167 g/mol. The summed E-state index contributed by atoms with van der Waals surface area (Å²) in [6.45, 7) is 0. The molecule has 0 bridgehead atoms. The first kappa shape index (κ1) is 8.42. The molecule has 0 nitrogen and oxygen atoms in total. The smallest absolute Gasteiger partial charge is 0.0324 e. The molecule has 0 spiro atoms. The number of halogens is 2. The van der Waals surface area contributed by atoms with Crippen LogP contribution >= 0.6 is 23.2 Å². The lowest BCUT2D eigenvalue weighted by molar-refractivity contribution is 0.414. The van der Waals surface area contributed by atoms with E-state index < -0.39 is 0 Å². The minimum absolute atomic E-state index is 0.563. The fourth-order valence-electron chi connectivity index (χ4n) is 1.47. The van der Waals surface area contributed by atoms with Crippen LogP contribution in [-0.4, -0.2) is 0 Å². The van der Waals surface area contributed by atoms with Crippen LogP contribution in [-0.2, 0) is 0 Å². The van der Waals surface area contributed by atoms with Crippen LogP contribution in [0.1, 0.15) is 32.1 Å². The zero-order valence-corrected chi connectivity index (χ0v) is 7.46. The van der Waals surface area contributed by atoms with E-state index in [1.807, 2.05) is 0 Å². The van der Waals surface area contributed by atoms with Gasteiger partial charge in [0, 0.05) is 10.6 Å². The summed E-state index contributed by atoms with van der Waals surface area (Å²) in [6, 6.07) is 0. The van der Waals surface area contributed by atoms with Gasteiger partial charge in [-0.25, -0.2) is 0 Å². The quantitative estimate of drug-likeness (QED) is 0.572. The van der Waals surface area contributed by atoms with Gasteiger partial charge in [-0.3, -0.25) is 0 Å². The van der Waals surface area contributed by atoms with Crippen molar-refractivity contribution in [3.05, 3.63) is 10.6 Å². The molecule has 1 fully saturated rings. The van der Waals surface area contributed by atoms with E-state index in [2.05, 4.69) is 0 Å². The van der Waals surface area contributed by atoms with Crippen molar-refractivity contribution in [3.8, 4) is 0 Å². The van der Waals surface area contributed by atoms with E-state index in [0.29, 0.717) is 5.92 Å². The van der Waals surface area contributed by atoms with Gasteiger partial charge in [0.15, 0.2) is 0 Å². The third kappa shape index (κ3) is 2.17. The lowest BCUT2D eigenvalue weighted by Crippen LogP contribution is -2.05. The van der Waals surface area contributed by atoms with Gasteiger partial charge < -0.3 is 0 Å². The number of rotatable bonds is 1. The zero-order chi connectivity index (χ0) is 7.40. The van der Waals surface area contributed by atoms with Crippen molar-refractivity contribution in [1.29, 1.82) is 0 Å². The molecule has 0 heterocycles. The standard InChI is InChI=1S/C8H12Cl2/c9-6-8(10)7-4-2-1-3-5-7/h6-7H,1-5H2/b8-6+. The Morgan fingerprint density at radius 1 is 1.20 bits per heavy atom. The average molecular weight is 179 g/mol. The molecular formula is C8H12Cl2. The molecule has 1 aliphatic carbocycles. The average Bonchev–Trinajstić information content (AvgIpc) is 2.05. The van der Waals surface area contributed by atoms with Crippen LogP contribution in [0.15, 0.2) is 10.6 Å². The Labute approximate surface area is 72.2 Å². The summed E-state index contributed by atoms with van der Waals surface area (Å²) < 4.78 is 0. The van der Waals surface area contributed by atoms with Gasteiger partial charge in [-0.15, -0.1) is 0 Å². The normalized spacial score (nSPS) is 23.2. The first-order valence-corrected chi connectivity index (χ1v) is 4.62. The van der Waals surface area contributed by atoms with E-state index in [1.54, 1.807) is 0 Å². The first-order valence-electron chi connectivity index (χ1n) is 3.80. The molecule has 0 atom stereocenters. The molecule has 1 saturated carbocycles. The zero-order valence-electron chi connectivity index (χ0n) is 5.95. The molecule has 0 saturated heterocycles. The topological polar surface area (TPSA) is 0 Å². The minimum Gasteiger partial charge on any atom is -0.0917 e. The fraction of sp³-hybridized carbons (Fsp3) is 0.750. The Bertz CT molecular complexity index is 123.